The molecule has 0 amide bonds. The zero-order valence-electron chi connectivity index (χ0n) is 13.3. The van der Waals surface area contributed by atoms with Gasteiger partial charge in [0.2, 0.25) is 5.13 Å². The van der Waals surface area contributed by atoms with Crippen molar-refractivity contribution in [2.24, 2.45) is 5.10 Å². The first kappa shape index (κ1) is 16.0. The monoisotopic (exact) mass is 411 g/mol. The molecule has 2 aromatic heterocycles. The third kappa shape index (κ3) is 3.47. The fourth-order valence-corrected chi connectivity index (χ4v) is 3.31. The molecule has 2 heterocycles. The van der Waals surface area contributed by atoms with Gasteiger partial charge >= 0.3 is 0 Å². The number of fused-ring (bicyclic) bond motifs is 1. The number of hydrogen-bond donors (Lipinski definition) is 2. The van der Waals surface area contributed by atoms with Gasteiger partial charge in [0.1, 0.15) is 5.71 Å². The summed E-state index contributed by atoms with van der Waals surface area (Å²) in [6, 6.07) is 16.0. The van der Waals surface area contributed by atoms with Crippen molar-refractivity contribution >= 4 is 49.1 Å². The van der Waals surface area contributed by atoms with E-state index in [4.69, 9.17) is 0 Å². The van der Waals surface area contributed by atoms with E-state index in [1.165, 1.54) is 11.3 Å². The zero-order chi connectivity index (χ0) is 17.2. The molecule has 0 saturated carbocycles. The number of anilines is 1. The fourth-order valence-electron chi connectivity index (χ4n) is 2.39. The number of hydrazone groups is 1. The molecule has 0 fully saturated rings. The lowest BCUT2D eigenvalue weighted by molar-refractivity contribution is 1.22. The third-order valence-electron chi connectivity index (χ3n) is 3.70. The molecule has 4 aromatic rings. The van der Waals surface area contributed by atoms with Gasteiger partial charge in [-0.05, 0) is 31.2 Å². The lowest BCUT2D eigenvalue weighted by Gasteiger charge is -1.98. The summed E-state index contributed by atoms with van der Waals surface area (Å²) in [5.74, 6) is 0.749. The topological polar surface area (TPSA) is 66.0 Å². The highest BCUT2D eigenvalue weighted by Crippen LogP contribution is 2.26. The van der Waals surface area contributed by atoms with Crippen molar-refractivity contribution in [2.75, 3.05) is 5.43 Å². The minimum atomic E-state index is 0.744. The summed E-state index contributed by atoms with van der Waals surface area (Å²) in [5.41, 5.74) is 7.72. The summed E-state index contributed by atoms with van der Waals surface area (Å²) in [5, 5.41) is 7.15. The molecule has 4 rings (SSSR count). The Balaban J connectivity index is 1.52. The maximum atomic E-state index is 4.57. The van der Waals surface area contributed by atoms with E-state index in [2.05, 4.69) is 41.4 Å². The van der Waals surface area contributed by atoms with Crippen LogP contribution in [0, 0.1) is 0 Å². The summed E-state index contributed by atoms with van der Waals surface area (Å²) in [6.45, 7) is 1.91. The second kappa shape index (κ2) is 6.78. The van der Waals surface area contributed by atoms with E-state index in [1.807, 2.05) is 60.8 Å². The van der Waals surface area contributed by atoms with Crippen LogP contribution in [0.25, 0.3) is 22.3 Å². The van der Waals surface area contributed by atoms with Crippen LogP contribution in [-0.4, -0.2) is 20.7 Å². The molecule has 0 unspecified atom stereocenters. The van der Waals surface area contributed by atoms with E-state index in [1.54, 1.807) is 0 Å². The van der Waals surface area contributed by atoms with E-state index in [9.17, 15) is 0 Å². The van der Waals surface area contributed by atoms with Crippen molar-refractivity contribution in [3.05, 3.63) is 64.2 Å². The van der Waals surface area contributed by atoms with Crippen molar-refractivity contribution in [1.82, 2.24) is 15.0 Å². The number of H-pyrrole nitrogens is 1. The molecule has 0 saturated heterocycles. The van der Waals surface area contributed by atoms with E-state index in [-0.39, 0.29) is 0 Å². The van der Waals surface area contributed by atoms with E-state index in [0.717, 1.165) is 43.4 Å². The second-order valence-electron chi connectivity index (χ2n) is 5.46. The molecule has 0 bridgehead atoms. The fraction of sp³-hybridized carbons (Fsp3) is 0.0556. The van der Waals surface area contributed by atoms with E-state index in [0.29, 0.717) is 0 Å². The number of para-hydroxylation sites is 2. The largest absolute Gasteiger partial charge is 0.337 e. The van der Waals surface area contributed by atoms with Crippen LogP contribution in [0.5, 0.6) is 0 Å². The normalized spacial score (nSPS) is 11.8. The molecule has 2 aromatic carbocycles. The SMILES string of the molecule is C/C(=N\Nc1nc(-c2ccc(Br)cc2)cs1)c1nc2ccccc2[nH]1. The van der Waals surface area contributed by atoms with Crippen molar-refractivity contribution in [1.29, 1.82) is 0 Å². The van der Waals surface area contributed by atoms with Crippen molar-refractivity contribution < 1.29 is 0 Å². The van der Waals surface area contributed by atoms with Gasteiger partial charge in [-0.3, -0.25) is 5.43 Å². The van der Waals surface area contributed by atoms with Crippen LogP contribution in [0.4, 0.5) is 5.13 Å². The number of thiazole rings is 1. The number of halogens is 1. The third-order valence-corrected chi connectivity index (χ3v) is 4.97. The molecule has 0 atom stereocenters. The van der Waals surface area contributed by atoms with Crippen molar-refractivity contribution in [3.63, 3.8) is 0 Å². The number of aromatic amines is 1. The first-order valence-corrected chi connectivity index (χ1v) is 9.33. The molecule has 0 spiro atoms. The van der Waals surface area contributed by atoms with Crippen LogP contribution >= 0.6 is 27.3 Å². The number of rotatable bonds is 4. The van der Waals surface area contributed by atoms with Crippen LogP contribution < -0.4 is 5.43 Å². The second-order valence-corrected chi connectivity index (χ2v) is 7.23. The smallest absolute Gasteiger partial charge is 0.203 e. The highest BCUT2D eigenvalue weighted by molar-refractivity contribution is 9.10. The standard InChI is InChI=1S/C18H14BrN5S/c1-11(17-20-14-4-2-3-5-15(14)21-17)23-24-18-22-16(10-25-18)12-6-8-13(19)9-7-12/h2-10H,1H3,(H,20,21)(H,22,24)/b23-11+. The van der Waals surface area contributed by atoms with Gasteiger partial charge in [-0.1, -0.05) is 40.2 Å². The quantitative estimate of drug-likeness (QED) is 0.354. The molecule has 2 N–H and O–H groups in total. The number of nitrogens with one attached hydrogen (secondary N) is 2. The first-order chi connectivity index (χ1) is 12.2. The number of aromatic nitrogens is 3. The number of hydrogen-bond acceptors (Lipinski definition) is 5. The van der Waals surface area contributed by atoms with Gasteiger partial charge in [0.05, 0.1) is 16.7 Å². The van der Waals surface area contributed by atoms with Gasteiger partial charge in [-0.2, -0.15) is 5.10 Å². The number of benzene rings is 2. The molecule has 25 heavy (non-hydrogen) atoms. The lowest BCUT2D eigenvalue weighted by Crippen LogP contribution is -2.01. The van der Waals surface area contributed by atoms with Crippen LogP contribution in [0.2, 0.25) is 0 Å². The van der Waals surface area contributed by atoms with Gasteiger partial charge in [-0.15, -0.1) is 11.3 Å². The maximum Gasteiger partial charge on any atom is 0.203 e. The highest BCUT2D eigenvalue weighted by atomic mass is 79.9. The highest BCUT2D eigenvalue weighted by Gasteiger charge is 2.07. The summed E-state index contributed by atoms with van der Waals surface area (Å²) in [4.78, 5) is 12.4. The van der Waals surface area contributed by atoms with Gasteiger partial charge < -0.3 is 4.98 Å². The number of nitrogens with zero attached hydrogens (tertiary/aromatic N) is 3. The Labute approximate surface area is 157 Å². The minimum Gasteiger partial charge on any atom is -0.337 e. The Morgan fingerprint density at radius 3 is 2.72 bits per heavy atom. The summed E-state index contributed by atoms with van der Waals surface area (Å²) in [7, 11) is 0. The van der Waals surface area contributed by atoms with Crippen LogP contribution in [0.3, 0.4) is 0 Å². The molecular formula is C18H14BrN5S. The Hall–Kier alpha value is -2.51. The van der Waals surface area contributed by atoms with Crippen molar-refractivity contribution in [3.8, 4) is 11.3 Å². The van der Waals surface area contributed by atoms with Gasteiger partial charge in [0.15, 0.2) is 5.82 Å². The average Bonchev–Trinajstić information content (AvgIpc) is 3.27. The van der Waals surface area contributed by atoms with Gasteiger partial charge in [-0.25, -0.2) is 9.97 Å². The molecule has 0 aliphatic carbocycles. The molecule has 7 heteroatoms. The molecule has 0 aliphatic rings. The summed E-state index contributed by atoms with van der Waals surface area (Å²) < 4.78 is 1.05. The predicted octanol–water partition coefficient (Wildman–Crippen LogP) is 5.29. The minimum absolute atomic E-state index is 0.744. The van der Waals surface area contributed by atoms with Gasteiger partial charge in [0, 0.05) is 15.4 Å². The molecule has 5 nitrogen and oxygen atoms in total. The van der Waals surface area contributed by atoms with E-state index >= 15 is 0 Å². The summed E-state index contributed by atoms with van der Waals surface area (Å²) in [6.07, 6.45) is 0. The van der Waals surface area contributed by atoms with Crippen LogP contribution in [0.1, 0.15) is 12.7 Å². The molecular weight excluding hydrogens is 398 g/mol. The van der Waals surface area contributed by atoms with Gasteiger partial charge in [0.25, 0.3) is 0 Å². The Bertz CT molecular complexity index is 1020. The molecule has 0 radical (unpaired) electrons. The Morgan fingerprint density at radius 1 is 1.12 bits per heavy atom. The predicted molar refractivity (Wildman–Crippen MR) is 107 cm³/mol. The van der Waals surface area contributed by atoms with Crippen LogP contribution in [-0.2, 0) is 0 Å². The Morgan fingerprint density at radius 2 is 1.92 bits per heavy atom. The molecule has 124 valence electrons. The first-order valence-electron chi connectivity index (χ1n) is 7.66. The lowest BCUT2D eigenvalue weighted by atomic mass is 10.2. The maximum absolute atomic E-state index is 4.57. The van der Waals surface area contributed by atoms with Crippen molar-refractivity contribution in [2.45, 2.75) is 6.92 Å². The average molecular weight is 412 g/mol. The van der Waals surface area contributed by atoms with E-state index < -0.39 is 0 Å². The summed E-state index contributed by atoms with van der Waals surface area (Å²) >= 11 is 4.96. The number of imidazole rings is 1. The zero-order valence-corrected chi connectivity index (χ0v) is 15.7. The Kier molecular flexibility index (Phi) is 4.33. The van der Waals surface area contributed by atoms with Crippen LogP contribution in [0.15, 0.2) is 63.5 Å². The molecule has 0 aliphatic heterocycles.